The van der Waals surface area contributed by atoms with Crippen LogP contribution in [0.4, 0.5) is 0 Å². The average Bonchev–Trinajstić information content (AvgIpc) is 2.75. The van der Waals surface area contributed by atoms with Crippen LogP contribution in [0, 0.1) is 5.92 Å². The third kappa shape index (κ3) is 3.53. The molecule has 102 valence electrons. The molecule has 0 aliphatic carbocycles. The second-order valence-corrected chi connectivity index (χ2v) is 5.52. The second-order valence-electron chi connectivity index (χ2n) is 5.52. The van der Waals surface area contributed by atoms with Crippen LogP contribution in [0.5, 0.6) is 0 Å². The molecular formula is C13H25N5. The summed E-state index contributed by atoms with van der Waals surface area (Å²) in [5.41, 5.74) is 0. The van der Waals surface area contributed by atoms with Crippen LogP contribution in [0.1, 0.15) is 25.6 Å². The predicted molar refractivity (Wildman–Crippen MR) is 72.4 cm³/mol. The van der Waals surface area contributed by atoms with Gasteiger partial charge in [0, 0.05) is 32.6 Å². The van der Waals surface area contributed by atoms with Crippen molar-refractivity contribution in [2.24, 2.45) is 13.0 Å². The van der Waals surface area contributed by atoms with Gasteiger partial charge in [0.05, 0.1) is 0 Å². The molecule has 1 aromatic heterocycles. The highest BCUT2D eigenvalue weighted by atomic mass is 15.2. The molecule has 2 rings (SSSR count). The normalized spacial score (nSPS) is 23.2. The zero-order valence-electron chi connectivity index (χ0n) is 11.8. The Hall–Kier alpha value is -0.940. The molecule has 1 aromatic rings. The number of likely N-dealkylation sites (tertiary alicyclic amines) is 1. The van der Waals surface area contributed by atoms with Crippen LogP contribution in [-0.4, -0.2) is 52.4 Å². The van der Waals surface area contributed by atoms with E-state index in [-0.39, 0.29) is 0 Å². The van der Waals surface area contributed by atoms with Gasteiger partial charge in [0.2, 0.25) is 0 Å². The van der Waals surface area contributed by atoms with E-state index < -0.39 is 0 Å². The first-order valence-electron chi connectivity index (χ1n) is 6.91. The molecule has 0 radical (unpaired) electrons. The van der Waals surface area contributed by atoms with E-state index in [0.29, 0.717) is 6.04 Å². The zero-order valence-corrected chi connectivity index (χ0v) is 11.8. The maximum absolute atomic E-state index is 4.10. The minimum atomic E-state index is 0.584. The van der Waals surface area contributed by atoms with Gasteiger partial charge in [-0.3, -0.25) is 0 Å². The fourth-order valence-corrected chi connectivity index (χ4v) is 2.73. The standard InChI is InChI=1S/C13H25N5/c1-11(12-5-4-8-17(2)9-12)14-7-6-13-16-15-10-18(13)3/h10-12,14H,4-9H2,1-3H3. The molecule has 18 heavy (non-hydrogen) atoms. The van der Waals surface area contributed by atoms with Crippen molar-refractivity contribution in [2.45, 2.75) is 32.2 Å². The Morgan fingerprint density at radius 1 is 1.50 bits per heavy atom. The van der Waals surface area contributed by atoms with E-state index in [2.05, 4.69) is 34.4 Å². The topological polar surface area (TPSA) is 46.0 Å². The molecule has 0 amide bonds. The van der Waals surface area contributed by atoms with E-state index >= 15 is 0 Å². The molecule has 1 saturated heterocycles. The van der Waals surface area contributed by atoms with Crippen LogP contribution in [0.3, 0.4) is 0 Å². The summed E-state index contributed by atoms with van der Waals surface area (Å²) in [5.74, 6) is 1.83. The molecule has 2 unspecified atom stereocenters. The molecule has 0 aromatic carbocycles. The summed E-state index contributed by atoms with van der Waals surface area (Å²) in [6.45, 7) is 5.76. The van der Waals surface area contributed by atoms with E-state index in [0.717, 1.165) is 24.7 Å². The SMILES string of the molecule is CC(NCCc1nncn1C)C1CCCN(C)C1. The zero-order chi connectivity index (χ0) is 13.0. The lowest BCUT2D eigenvalue weighted by Gasteiger charge is -2.34. The molecule has 2 atom stereocenters. The van der Waals surface area contributed by atoms with E-state index in [9.17, 15) is 0 Å². The number of nitrogens with one attached hydrogen (secondary N) is 1. The third-order valence-corrected chi connectivity index (χ3v) is 3.99. The smallest absolute Gasteiger partial charge is 0.133 e. The van der Waals surface area contributed by atoms with Crippen molar-refractivity contribution in [3.63, 3.8) is 0 Å². The highest BCUT2D eigenvalue weighted by Gasteiger charge is 2.22. The van der Waals surface area contributed by atoms with Crippen LogP contribution >= 0.6 is 0 Å². The Kier molecular flexibility index (Phi) is 4.72. The van der Waals surface area contributed by atoms with Gasteiger partial charge in [-0.05, 0) is 39.3 Å². The van der Waals surface area contributed by atoms with E-state index in [1.807, 2.05) is 11.6 Å². The molecule has 1 aliphatic rings. The highest BCUT2D eigenvalue weighted by Crippen LogP contribution is 2.18. The van der Waals surface area contributed by atoms with E-state index in [4.69, 9.17) is 0 Å². The highest BCUT2D eigenvalue weighted by molar-refractivity contribution is 4.86. The summed E-state index contributed by atoms with van der Waals surface area (Å²) < 4.78 is 1.99. The lowest BCUT2D eigenvalue weighted by atomic mass is 9.92. The van der Waals surface area contributed by atoms with Gasteiger partial charge in [0.1, 0.15) is 12.2 Å². The monoisotopic (exact) mass is 251 g/mol. The first-order chi connectivity index (χ1) is 8.66. The van der Waals surface area contributed by atoms with Gasteiger partial charge in [0.15, 0.2) is 0 Å². The van der Waals surface area contributed by atoms with Gasteiger partial charge in [-0.2, -0.15) is 0 Å². The number of aromatic nitrogens is 3. The van der Waals surface area contributed by atoms with Crippen molar-refractivity contribution in [2.75, 3.05) is 26.7 Å². The number of nitrogens with zero attached hydrogens (tertiary/aromatic N) is 4. The van der Waals surface area contributed by atoms with Gasteiger partial charge in [0.25, 0.3) is 0 Å². The first kappa shape index (κ1) is 13.5. The van der Waals surface area contributed by atoms with Crippen molar-refractivity contribution >= 4 is 0 Å². The van der Waals surface area contributed by atoms with Crippen molar-refractivity contribution in [3.05, 3.63) is 12.2 Å². The van der Waals surface area contributed by atoms with Gasteiger partial charge < -0.3 is 14.8 Å². The summed E-state index contributed by atoms with van der Waals surface area (Å²) in [5, 5.41) is 11.6. The quantitative estimate of drug-likeness (QED) is 0.836. The number of hydrogen-bond acceptors (Lipinski definition) is 4. The van der Waals surface area contributed by atoms with Gasteiger partial charge in [-0.25, -0.2) is 0 Å². The Bertz CT molecular complexity index is 362. The van der Waals surface area contributed by atoms with Gasteiger partial charge in [-0.1, -0.05) is 0 Å². The fraction of sp³-hybridized carbons (Fsp3) is 0.846. The first-order valence-corrected chi connectivity index (χ1v) is 6.91. The van der Waals surface area contributed by atoms with Crippen molar-refractivity contribution in [3.8, 4) is 0 Å². The van der Waals surface area contributed by atoms with E-state index in [1.54, 1.807) is 6.33 Å². The van der Waals surface area contributed by atoms with Gasteiger partial charge >= 0.3 is 0 Å². The molecule has 2 heterocycles. The number of rotatable bonds is 5. The minimum absolute atomic E-state index is 0.584. The largest absolute Gasteiger partial charge is 0.321 e. The lowest BCUT2D eigenvalue weighted by molar-refractivity contribution is 0.179. The molecule has 0 bridgehead atoms. The Balaban J connectivity index is 1.71. The molecule has 5 heteroatoms. The fourth-order valence-electron chi connectivity index (χ4n) is 2.73. The van der Waals surface area contributed by atoms with Crippen molar-refractivity contribution in [1.29, 1.82) is 0 Å². The van der Waals surface area contributed by atoms with Gasteiger partial charge in [-0.15, -0.1) is 10.2 Å². The molecule has 1 fully saturated rings. The molecule has 1 N–H and O–H groups in total. The molecule has 5 nitrogen and oxygen atoms in total. The van der Waals surface area contributed by atoms with E-state index in [1.165, 1.54) is 25.9 Å². The van der Waals surface area contributed by atoms with Crippen LogP contribution in [0.15, 0.2) is 6.33 Å². The number of aryl methyl sites for hydroxylation is 1. The summed E-state index contributed by atoms with van der Waals surface area (Å²) in [6.07, 6.45) is 5.39. The van der Waals surface area contributed by atoms with Crippen molar-refractivity contribution in [1.82, 2.24) is 25.0 Å². The number of hydrogen-bond donors (Lipinski definition) is 1. The minimum Gasteiger partial charge on any atom is -0.321 e. The Morgan fingerprint density at radius 2 is 2.33 bits per heavy atom. The summed E-state index contributed by atoms with van der Waals surface area (Å²) >= 11 is 0. The molecule has 0 spiro atoms. The predicted octanol–water partition coefficient (Wildman–Crippen LogP) is 0.677. The lowest BCUT2D eigenvalue weighted by Crippen LogP contribution is -2.43. The summed E-state index contributed by atoms with van der Waals surface area (Å²) in [7, 11) is 4.22. The van der Waals surface area contributed by atoms with Crippen LogP contribution in [0.2, 0.25) is 0 Å². The molecule has 1 aliphatic heterocycles. The van der Waals surface area contributed by atoms with Crippen LogP contribution in [0.25, 0.3) is 0 Å². The molecular weight excluding hydrogens is 226 g/mol. The van der Waals surface area contributed by atoms with Crippen LogP contribution < -0.4 is 5.32 Å². The third-order valence-electron chi connectivity index (χ3n) is 3.99. The molecule has 0 saturated carbocycles. The average molecular weight is 251 g/mol. The summed E-state index contributed by atoms with van der Waals surface area (Å²) in [6, 6.07) is 0.584. The van der Waals surface area contributed by atoms with Crippen molar-refractivity contribution < 1.29 is 0 Å². The maximum Gasteiger partial charge on any atom is 0.133 e. The Labute approximate surface area is 110 Å². The second kappa shape index (κ2) is 6.29. The maximum atomic E-state index is 4.10. The van der Waals surface area contributed by atoms with Crippen LogP contribution in [-0.2, 0) is 13.5 Å². The number of piperidine rings is 1. The Morgan fingerprint density at radius 3 is 3.00 bits per heavy atom. The summed E-state index contributed by atoms with van der Waals surface area (Å²) in [4.78, 5) is 2.44.